The summed E-state index contributed by atoms with van der Waals surface area (Å²) >= 11 is 0. The Labute approximate surface area is 200 Å². The first-order valence-electron chi connectivity index (χ1n) is 11.8. The lowest BCUT2D eigenvalue weighted by Gasteiger charge is -2.34. The molecule has 0 atom stereocenters. The van der Waals surface area contributed by atoms with Gasteiger partial charge in [0.2, 0.25) is 15.9 Å². The summed E-state index contributed by atoms with van der Waals surface area (Å²) in [5, 5.41) is 2.65. The van der Waals surface area contributed by atoms with Crippen molar-refractivity contribution < 1.29 is 22.7 Å². The maximum atomic E-state index is 13.2. The van der Waals surface area contributed by atoms with E-state index in [9.17, 15) is 18.0 Å². The van der Waals surface area contributed by atoms with E-state index in [4.69, 9.17) is 4.74 Å². The van der Waals surface area contributed by atoms with E-state index >= 15 is 0 Å². The van der Waals surface area contributed by atoms with Crippen LogP contribution in [-0.4, -0.2) is 68.8 Å². The first-order chi connectivity index (χ1) is 16.4. The van der Waals surface area contributed by atoms with Gasteiger partial charge >= 0.3 is 0 Å². The van der Waals surface area contributed by atoms with E-state index in [0.29, 0.717) is 22.8 Å². The highest BCUT2D eigenvalue weighted by atomic mass is 32.2. The Morgan fingerprint density at radius 3 is 2.41 bits per heavy atom. The molecule has 0 radical (unpaired) electrons. The van der Waals surface area contributed by atoms with Crippen LogP contribution in [0.5, 0.6) is 5.75 Å². The molecule has 1 saturated heterocycles. The van der Waals surface area contributed by atoms with Gasteiger partial charge in [-0.05, 0) is 68.0 Å². The van der Waals surface area contributed by atoms with Gasteiger partial charge in [-0.1, -0.05) is 18.2 Å². The molecule has 2 aromatic carbocycles. The average molecular weight is 486 g/mol. The van der Waals surface area contributed by atoms with Crippen LogP contribution in [0, 0.1) is 0 Å². The quantitative estimate of drug-likeness (QED) is 0.649. The number of amides is 2. The molecular formula is C25H31N3O5S. The molecule has 0 aromatic heterocycles. The molecule has 2 aliphatic rings. The molecule has 9 heteroatoms. The fraction of sp³-hybridized carbons (Fsp3) is 0.440. The summed E-state index contributed by atoms with van der Waals surface area (Å²) in [5.41, 5.74) is 2.74. The summed E-state index contributed by atoms with van der Waals surface area (Å²) in [6.45, 7) is 3.14. The lowest BCUT2D eigenvalue weighted by molar-refractivity contribution is -0.131. The molecule has 0 spiro atoms. The Balaban J connectivity index is 1.32. The van der Waals surface area contributed by atoms with Crippen LogP contribution in [0.3, 0.4) is 0 Å². The molecule has 0 saturated carbocycles. The molecule has 1 aliphatic heterocycles. The topological polar surface area (TPSA) is 96.0 Å². The van der Waals surface area contributed by atoms with Crippen LogP contribution in [0.15, 0.2) is 47.4 Å². The standard InChI is InChI=1S/C25H31N3O5S/c1-2-33-23-10-6-5-9-22(23)25(30)26-18-24(29)27-13-15-28(16-14-27)34(31,32)21-12-11-19-7-3-4-8-20(19)17-21/h5-6,9-12,17H,2-4,7-8,13-16,18H2,1H3,(H,26,30). The number of ether oxygens (including phenoxy) is 1. The van der Waals surface area contributed by atoms with Gasteiger partial charge in [0.05, 0.1) is 23.6 Å². The number of piperazine rings is 1. The number of nitrogens with one attached hydrogen (secondary N) is 1. The largest absolute Gasteiger partial charge is 0.493 e. The molecule has 1 fully saturated rings. The van der Waals surface area contributed by atoms with Crippen molar-refractivity contribution in [2.45, 2.75) is 37.5 Å². The van der Waals surface area contributed by atoms with E-state index < -0.39 is 10.0 Å². The number of carbonyl (C=O) groups is 2. The molecule has 1 heterocycles. The molecule has 1 N–H and O–H groups in total. The Kier molecular flexibility index (Phi) is 7.53. The number of benzene rings is 2. The van der Waals surface area contributed by atoms with Gasteiger partial charge in [0, 0.05) is 26.2 Å². The van der Waals surface area contributed by atoms with Crippen molar-refractivity contribution in [1.29, 1.82) is 0 Å². The number of sulfonamides is 1. The molecule has 2 amide bonds. The van der Waals surface area contributed by atoms with E-state index in [1.807, 2.05) is 19.1 Å². The summed E-state index contributed by atoms with van der Waals surface area (Å²) in [6.07, 6.45) is 4.16. The van der Waals surface area contributed by atoms with Crippen LogP contribution >= 0.6 is 0 Å². The predicted octanol–water partition coefficient (Wildman–Crippen LogP) is 2.23. The molecule has 34 heavy (non-hydrogen) atoms. The zero-order valence-electron chi connectivity index (χ0n) is 19.5. The summed E-state index contributed by atoms with van der Waals surface area (Å²) in [6, 6.07) is 12.3. The Morgan fingerprint density at radius 2 is 1.68 bits per heavy atom. The van der Waals surface area contributed by atoms with Crippen LogP contribution in [-0.2, 0) is 27.7 Å². The maximum absolute atomic E-state index is 13.2. The zero-order valence-corrected chi connectivity index (χ0v) is 20.3. The molecule has 4 rings (SSSR count). The second-order valence-corrected chi connectivity index (χ2v) is 10.5. The fourth-order valence-electron chi connectivity index (χ4n) is 4.50. The van der Waals surface area contributed by atoms with Crippen LogP contribution in [0.1, 0.15) is 41.3 Å². The Morgan fingerprint density at radius 1 is 0.971 bits per heavy atom. The normalized spacial score (nSPS) is 16.6. The summed E-state index contributed by atoms with van der Waals surface area (Å²) in [5.74, 6) is -0.157. The van der Waals surface area contributed by atoms with Crippen molar-refractivity contribution >= 4 is 21.8 Å². The van der Waals surface area contributed by atoms with Crippen molar-refractivity contribution in [3.8, 4) is 5.75 Å². The number of hydrogen-bond donors (Lipinski definition) is 1. The average Bonchev–Trinajstić information content (AvgIpc) is 2.87. The van der Waals surface area contributed by atoms with Gasteiger partial charge in [0.15, 0.2) is 0 Å². The van der Waals surface area contributed by atoms with Gasteiger partial charge in [-0.15, -0.1) is 0 Å². The first-order valence-corrected chi connectivity index (χ1v) is 13.2. The van der Waals surface area contributed by atoms with Crippen molar-refractivity contribution in [2.75, 3.05) is 39.3 Å². The monoisotopic (exact) mass is 485 g/mol. The number of aryl methyl sites for hydroxylation is 2. The third-order valence-electron chi connectivity index (χ3n) is 6.38. The number of hydrogen-bond acceptors (Lipinski definition) is 5. The van der Waals surface area contributed by atoms with E-state index in [2.05, 4.69) is 5.32 Å². The Hall–Kier alpha value is -2.91. The van der Waals surface area contributed by atoms with E-state index in [0.717, 1.165) is 31.2 Å². The van der Waals surface area contributed by atoms with Crippen LogP contribution in [0.4, 0.5) is 0 Å². The summed E-state index contributed by atoms with van der Waals surface area (Å²) < 4.78 is 33.2. The van der Waals surface area contributed by atoms with Crippen LogP contribution < -0.4 is 10.1 Å². The minimum atomic E-state index is -3.60. The molecule has 8 nitrogen and oxygen atoms in total. The summed E-state index contributed by atoms with van der Waals surface area (Å²) in [4.78, 5) is 27.1. The highest BCUT2D eigenvalue weighted by Gasteiger charge is 2.31. The minimum Gasteiger partial charge on any atom is -0.493 e. The maximum Gasteiger partial charge on any atom is 0.255 e. The summed E-state index contributed by atoms with van der Waals surface area (Å²) in [7, 11) is -3.60. The van der Waals surface area contributed by atoms with Gasteiger partial charge in [0.25, 0.3) is 5.91 Å². The van der Waals surface area contributed by atoms with Gasteiger partial charge < -0.3 is 15.0 Å². The molecule has 182 valence electrons. The lowest BCUT2D eigenvalue weighted by Crippen LogP contribution is -2.52. The van der Waals surface area contributed by atoms with E-state index in [1.165, 1.54) is 9.87 Å². The highest BCUT2D eigenvalue weighted by Crippen LogP contribution is 2.26. The minimum absolute atomic E-state index is 0.156. The van der Waals surface area contributed by atoms with Crippen molar-refractivity contribution in [2.24, 2.45) is 0 Å². The second-order valence-electron chi connectivity index (χ2n) is 8.53. The van der Waals surface area contributed by atoms with E-state index in [1.54, 1.807) is 35.2 Å². The number of para-hydroxylation sites is 1. The van der Waals surface area contributed by atoms with Crippen molar-refractivity contribution in [3.05, 3.63) is 59.2 Å². The van der Waals surface area contributed by atoms with Gasteiger partial charge in [-0.25, -0.2) is 8.42 Å². The number of nitrogens with zero attached hydrogens (tertiary/aromatic N) is 2. The van der Waals surface area contributed by atoms with Crippen LogP contribution in [0.25, 0.3) is 0 Å². The van der Waals surface area contributed by atoms with Crippen molar-refractivity contribution in [1.82, 2.24) is 14.5 Å². The van der Waals surface area contributed by atoms with Gasteiger partial charge in [-0.2, -0.15) is 4.31 Å². The second kappa shape index (κ2) is 10.6. The first kappa shape index (κ1) is 24.2. The number of carbonyl (C=O) groups excluding carboxylic acids is 2. The molecule has 2 aromatic rings. The lowest BCUT2D eigenvalue weighted by atomic mass is 9.92. The van der Waals surface area contributed by atoms with E-state index in [-0.39, 0.29) is 44.5 Å². The molecule has 0 unspecified atom stereocenters. The molecular weight excluding hydrogens is 454 g/mol. The third kappa shape index (κ3) is 5.26. The number of fused-ring (bicyclic) bond motifs is 1. The number of rotatable bonds is 7. The highest BCUT2D eigenvalue weighted by molar-refractivity contribution is 7.89. The fourth-order valence-corrected chi connectivity index (χ4v) is 5.97. The SMILES string of the molecule is CCOc1ccccc1C(=O)NCC(=O)N1CCN(S(=O)(=O)c2ccc3c(c2)CCCC3)CC1. The molecule has 1 aliphatic carbocycles. The third-order valence-corrected chi connectivity index (χ3v) is 8.28. The van der Waals surface area contributed by atoms with Gasteiger partial charge in [-0.3, -0.25) is 9.59 Å². The van der Waals surface area contributed by atoms with Gasteiger partial charge in [0.1, 0.15) is 5.75 Å². The molecule has 0 bridgehead atoms. The predicted molar refractivity (Wildman–Crippen MR) is 128 cm³/mol. The smallest absolute Gasteiger partial charge is 0.255 e. The Bertz CT molecular complexity index is 1160. The van der Waals surface area contributed by atoms with Crippen LogP contribution in [0.2, 0.25) is 0 Å². The zero-order chi connectivity index (χ0) is 24.1. The van der Waals surface area contributed by atoms with Crippen molar-refractivity contribution in [3.63, 3.8) is 0 Å².